The molecule has 0 unspecified atom stereocenters. The van der Waals surface area contributed by atoms with Crippen LogP contribution in [0, 0.1) is 6.92 Å². The topological polar surface area (TPSA) is 88.9 Å². The van der Waals surface area contributed by atoms with Gasteiger partial charge < -0.3 is 15.2 Å². The van der Waals surface area contributed by atoms with Gasteiger partial charge in [-0.05, 0) is 37.5 Å². The minimum atomic E-state index is -0.112. The molecule has 0 atom stereocenters. The molecule has 0 spiro atoms. The number of anilines is 1. The molecule has 0 aliphatic heterocycles. The average molecular weight is 450 g/mol. The van der Waals surface area contributed by atoms with Gasteiger partial charge in [0.25, 0.3) is 0 Å². The highest BCUT2D eigenvalue weighted by Gasteiger charge is 2.17. The fraction of sp³-hybridized carbons (Fsp3) is 0.524. The third-order valence-electron chi connectivity index (χ3n) is 5.26. The molecular weight excluding hydrogens is 422 g/mol. The summed E-state index contributed by atoms with van der Waals surface area (Å²) in [6.07, 6.45) is 6.53. The van der Waals surface area contributed by atoms with Gasteiger partial charge in [-0.3, -0.25) is 9.59 Å². The Hall–Kier alpha value is -2.06. The van der Waals surface area contributed by atoms with Crippen LogP contribution >= 0.6 is 23.4 Å². The first-order valence-corrected chi connectivity index (χ1v) is 11.6. The molecular formula is C21H28ClN5O2S. The second kappa shape index (κ2) is 10.8. The predicted octanol–water partition coefficient (Wildman–Crippen LogP) is 3.89. The van der Waals surface area contributed by atoms with Gasteiger partial charge in [0.2, 0.25) is 11.8 Å². The van der Waals surface area contributed by atoms with E-state index in [2.05, 4.69) is 20.8 Å². The maximum absolute atomic E-state index is 12.2. The van der Waals surface area contributed by atoms with Gasteiger partial charge in [0, 0.05) is 36.6 Å². The van der Waals surface area contributed by atoms with Crippen LogP contribution in [0.1, 0.15) is 49.9 Å². The number of nitrogens with one attached hydrogen (secondary N) is 2. The van der Waals surface area contributed by atoms with Crippen molar-refractivity contribution in [2.75, 3.05) is 11.1 Å². The molecule has 1 aromatic carbocycles. The smallest absolute Gasteiger partial charge is 0.230 e. The molecule has 9 heteroatoms. The van der Waals surface area contributed by atoms with Crippen LogP contribution in [0.5, 0.6) is 0 Å². The number of halogens is 1. The second-order valence-corrected chi connectivity index (χ2v) is 9.01. The maximum Gasteiger partial charge on any atom is 0.230 e. The van der Waals surface area contributed by atoms with Crippen molar-refractivity contribution in [3.8, 4) is 0 Å². The molecule has 0 bridgehead atoms. The number of aromatic nitrogens is 3. The Morgan fingerprint density at radius 3 is 2.70 bits per heavy atom. The van der Waals surface area contributed by atoms with Gasteiger partial charge in [-0.15, -0.1) is 10.2 Å². The number of hydrogen-bond donors (Lipinski definition) is 2. The summed E-state index contributed by atoms with van der Waals surface area (Å²) in [5.41, 5.74) is 1.64. The summed E-state index contributed by atoms with van der Waals surface area (Å²) >= 11 is 7.46. The molecule has 162 valence electrons. The molecule has 1 saturated carbocycles. The number of benzene rings is 1. The molecule has 1 aliphatic carbocycles. The quantitative estimate of drug-likeness (QED) is 0.597. The average Bonchev–Trinajstić information content (AvgIpc) is 3.08. The van der Waals surface area contributed by atoms with E-state index in [1.54, 1.807) is 6.07 Å². The molecule has 7 nitrogen and oxygen atoms in total. The van der Waals surface area contributed by atoms with Crippen molar-refractivity contribution in [2.24, 2.45) is 7.05 Å². The summed E-state index contributed by atoms with van der Waals surface area (Å²) in [7, 11) is 1.86. The fourth-order valence-corrected chi connectivity index (χ4v) is 4.38. The van der Waals surface area contributed by atoms with E-state index in [4.69, 9.17) is 11.6 Å². The first-order chi connectivity index (χ1) is 14.4. The van der Waals surface area contributed by atoms with Crippen LogP contribution in [-0.4, -0.2) is 38.4 Å². The summed E-state index contributed by atoms with van der Waals surface area (Å²) in [6.45, 7) is 1.91. The molecule has 2 amide bonds. The van der Waals surface area contributed by atoms with Crippen LogP contribution in [0.15, 0.2) is 23.4 Å². The Morgan fingerprint density at radius 2 is 1.97 bits per heavy atom. The zero-order valence-corrected chi connectivity index (χ0v) is 19.0. The Kier molecular flexibility index (Phi) is 8.16. The number of aryl methyl sites for hydroxylation is 2. The Labute approximate surface area is 186 Å². The number of thioether (sulfide) groups is 1. The van der Waals surface area contributed by atoms with E-state index in [1.807, 2.05) is 30.7 Å². The summed E-state index contributed by atoms with van der Waals surface area (Å²) in [4.78, 5) is 24.4. The van der Waals surface area contributed by atoms with Gasteiger partial charge in [-0.1, -0.05) is 48.7 Å². The van der Waals surface area contributed by atoms with Crippen molar-refractivity contribution in [1.29, 1.82) is 0 Å². The van der Waals surface area contributed by atoms with Crippen molar-refractivity contribution in [1.82, 2.24) is 20.1 Å². The molecule has 2 aromatic rings. The molecule has 30 heavy (non-hydrogen) atoms. The van der Waals surface area contributed by atoms with Crippen molar-refractivity contribution in [3.63, 3.8) is 0 Å². The van der Waals surface area contributed by atoms with Gasteiger partial charge in [0.15, 0.2) is 5.16 Å². The van der Waals surface area contributed by atoms with E-state index in [0.717, 1.165) is 18.4 Å². The Bertz CT molecular complexity index is 896. The maximum atomic E-state index is 12.2. The van der Waals surface area contributed by atoms with E-state index in [0.29, 0.717) is 39.9 Å². The van der Waals surface area contributed by atoms with Crippen LogP contribution in [0.4, 0.5) is 5.69 Å². The third kappa shape index (κ3) is 6.47. The minimum Gasteiger partial charge on any atom is -0.353 e. The highest BCUT2D eigenvalue weighted by Crippen LogP contribution is 2.21. The zero-order chi connectivity index (χ0) is 21.5. The molecule has 1 aliphatic rings. The minimum absolute atomic E-state index is 0.0348. The lowest BCUT2D eigenvalue weighted by molar-refractivity contribution is -0.119. The SMILES string of the molecule is Cc1ccc(NC(=O)CCc2nnc(SCC(=O)NC3CCCCC3)n2C)cc1Cl. The highest BCUT2D eigenvalue weighted by molar-refractivity contribution is 7.99. The van der Waals surface area contributed by atoms with Crippen molar-refractivity contribution in [3.05, 3.63) is 34.6 Å². The van der Waals surface area contributed by atoms with Crippen LogP contribution < -0.4 is 10.6 Å². The Balaban J connectivity index is 1.44. The number of nitrogens with zero attached hydrogens (tertiary/aromatic N) is 3. The second-order valence-electron chi connectivity index (χ2n) is 7.66. The summed E-state index contributed by atoms with van der Waals surface area (Å²) in [5, 5.41) is 15.6. The summed E-state index contributed by atoms with van der Waals surface area (Å²) < 4.78 is 1.84. The van der Waals surface area contributed by atoms with E-state index in [-0.39, 0.29) is 18.2 Å². The van der Waals surface area contributed by atoms with Crippen LogP contribution in [-0.2, 0) is 23.1 Å². The van der Waals surface area contributed by atoms with Crippen LogP contribution in [0.2, 0.25) is 5.02 Å². The molecule has 1 fully saturated rings. The summed E-state index contributed by atoms with van der Waals surface area (Å²) in [5.74, 6) is 0.950. The van der Waals surface area contributed by atoms with Gasteiger partial charge in [-0.2, -0.15) is 0 Å². The van der Waals surface area contributed by atoms with E-state index in [1.165, 1.54) is 31.0 Å². The number of carbonyl (C=O) groups is 2. The predicted molar refractivity (Wildman–Crippen MR) is 120 cm³/mol. The van der Waals surface area contributed by atoms with E-state index >= 15 is 0 Å². The van der Waals surface area contributed by atoms with Crippen molar-refractivity contribution in [2.45, 2.75) is 63.1 Å². The standard InChI is InChI=1S/C21H28ClN5O2S/c1-14-8-9-16(12-17(14)22)24-19(28)11-10-18-25-26-21(27(18)2)30-13-20(29)23-15-6-4-3-5-7-15/h8-9,12,15H,3-7,10-11,13H2,1-2H3,(H,23,29)(H,24,28). The number of hydrogen-bond acceptors (Lipinski definition) is 5. The molecule has 1 aromatic heterocycles. The molecule has 1 heterocycles. The summed E-state index contributed by atoms with van der Waals surface area (Å²) in [6, 6.07) is 5.75. The van der Waals surface area contributed by atoms with E-state index < -0.39 is 0 Å². The zero-order valence-electron chi connectivity index (χ0n) is 17.4. The lowest BCUT2D eigenvalue weighted by Crippen LogP contribution is -2.37. The highest BCUT2D eigenvalue weighted by atomic mass is 35.5. The third-order valence-corrected chi connectivity index (χ3v) is 6.69. The van der Waals surface area contributed by atoms with Gasteiger partial charge in [-0.25, -0.2) is 0 Å². The number of amides is 2. The molecule has 0 saturated heterocycles. The fourth-order valence-electron chi connectivity index (χ4n) is 3.45. The monoisotopic (exact) mass is 449 g/mol. The normalized spacial score (nSPS) is 14.5. The Morgan fingerprint density at radius 1 is 1.20 bits per heavy atom. The van der Waals surface area contributed by atoms with E-state index in [9.17, 15) is 9.59 Å². The van der Waals surface area contributed by atoms with Gasteiger partial charge in [0.05, 0.1) is 5.75 Å². The lowest BCUT2D eigenvalue weighted by Gasteiger charge is -2.22. The first-order valence-electron chi connectivity index (χ1n) is 10.3. The van der Waals surface area contributed by atoms with Gasteiger partial charge in [0.1, 0.15) is 5.82 Å². The number of carbonyl (C=O) groups excluding carboxylic acids is 2. The first kappa shape index (κ1) is 22.6. The largest absolute Gasteiger partial charge is 0.353 e. The van der Waals surface area contributed by atoms with Crippen molar-refractivity contribution < 1.29 is 9.59 Å². The molecule has 0 radical (unpaired) electrons. The number of rotatable bonds is 8. The van der Waals surface area contributed by atoms with Crippen molar-refractivity contribution >= 4 is 40.9 Å². The molecule has 2 N–H and O–H groups in total. The van der Waals surface area contributed by atoms with Crippen LogP contribution in [0.25, 0.3) is 0 Å². The lowest BCUT2D eigenvalue weighted by atomic mass is 9.95. The molecule has 3 rings (SSSR count). The van der Waals surface area contributed by atoms with Gasteiger partial charge >= 0.3 is 0 Å². The van der Waals surface area contributed by atoms with Crippen LogP contribution in [0.3, 0.4) is 0 Å².